The second-order valence-electron chi connectivity index (χ2n) is 8.20. The minimum atomic E-state index is -0.729. The number of nitrogens with one attached hydrogen (secondary N) is 1. The molecule has 0 heterocycles. The summed E-state index contributed by atoms with van der Waals surface area (Å²) in [5, 5.41) is 3.82. The summed E-state index contributed by atoms with van der Waals surface area (Å²) in [7, 11) is 0. The van der Waals surface area contributed by atoms with E-state index in [9.17, 15) is 9.59 Å². The molecule has 32 heavy (non-hydrogen) atoms. The lowest BCUT2D eigenvalue weighted by atomic mass is 10.0. The van der Waals surface area contributed by atoms with Gasteiger partial charge in [0.2, 0.25) is 5.91 Å². The number of carbonyl (C=O) groups excluding carboxylic acids is 2. The maximum atomic E-state index is 13.3. The molecule has 1 N–H and O–H groups in total. The van der Waals surface area contributed by atoms with Crippen molar-refractivity contribution in [3.05, 3.63) is 63.6 Å². The van der Waals surface area contributed by atoms with Crippen LogP contribution in [-0.2, 0) is 16.1 Å². The second kappa shape index (κ2) is 12.1. The van der Waals surface area contributed by atoms with E-state index in [1.165, 1.54) is 4.90 Å². The highest BCUT2D eigenvalue weighted by atomic mass is 35.5. The number of rotatable bonds is 10. The van der Waals surface area contributed by atoms with Crippen LogP contribution in [0.4, 0.5) is 0 Å². The van der Waals surface area contributed by atoms with Gasteiger partial charge in [-0.2, -0.15) is 0 Å². The van der Waals surface area contributed by atoms with Gasteiger partial charge in [-0.3, -0.25) is 9.59 Å². The van der Waals surface area contributed by atoms with E-state index in [2.05, 4.69) is 19.2 Å². The molecule has 0 aliphatic carbocycles. The first kappa shape index (κ1) is 26.0. The topological polar surface area (TPSA) is 58.6 Å². The Morgan fingerprint density at radius 2 is 1.62 bits per heavy atom. The highest BCUT2D eigenvalue weighted by molar-refractivity contribution is 6.36. The fourth-order valence-electron chi connectivity index (χ4n) is 3.21. The van der Waals surface area contributed by atoms with Gasteiger partial charge in [0.1, 0.15) is 11.8 Å². The van der Waals surface area contributed by atoms with Crippen molar-refractivity contribution in [2.75, 3.05) is 6.61 Å². The fourth-order valence-corrected chi connectivity index (χ4v) is 3.73. The third-order valence-corrected chi connectivity index (χ3v) is 6.16. The number of hydrogen-bond donors (Lipinski definition) is 1. The molecule has 0 unspecified atom stereocenters. The molecule has 0 radical (unpaired) electrons. The van der Waals surface area contributed by atoms with Crippen LogP contribution >= 0.6 is 23.2 Å². The van der Waals surface area contributed by atoms with Gasteiger partial charge in [0.05, 0.1) is 0 Å². The third kappa shape index (κ3) is 6.88. The summed E-state index contributed by atoms with van der Waals surface area (Å²) in [5.74, 6) is 0.340. The molecule has 2 rings (SSSR count). The third-order valence-electron chi connectivity index (χ3n) is 5.45. The molecule has 7 heteroatoms. The van der Waals surface area contributed by atoms with Gasteiger partial charge >= 0.3 is 0 Å². The monoisotopic (exact) mass is 478 g/mol. The van der Waals surface area contributed by atoms with E-state index < -0.39 is 6.04 Å². The van der Waals surface area contributed by atoms with Crippen molar-refractivity contribution in [1.82, 2.24) is 10.2 Å². The molecule has 0 saturated heterocycles. The number of ether oxygens (including phenoxy) is 1. The standard InChI is InChI=1S/C25H32Cl2N2O3/c1-6-17(4)28-25(31)18(5)29(14-20-21(26)11-9-12-22(20)27)24(30)15-32-23-13-8-7-10-19(23)16(2)3/h7-13,16-18H,6,14-15H2,1-5H3,(H,28,31)/t17-,18-/m0/s1. The van der Waals surface area contributed by atoms with Crippen LogP contribution in [0.2, 0.25) is 10.0 Å². The van der Waals surface area contributed by atoms with Crippen molar-refractivity contribution in [2.45, 2.75) is 65.6 Å². The molecule has 174 valence electrons. The van der Waals surface area contributed by atoms with Crippen molar-refractivity contribution in [3.8, 4) is 5.75 Å². The molecule has 0 saturated carbocycles. The first-order valence-electron chi connectivity index (χ1n) is 10.9. The number of carbonyl (C=O) groups is 2. The minimum Gasteiger partial charge on any atom is -0.483 e. The summed E-state index contributed by atoms with van der Waals surface area (Å²) >= 11 is 12.7. The number of benzene rings is 2. The molecule has 0 fully saturated rings. The highest BCUT2D eigenvalue weighted by Gasteiger charge is 2.28. The average Bonchev–Trinajstić information content (AvgIpc) is 2.76. The van der Waals surface area contributed by atoms with Crippen molar-refractivity contribution in [3.63, 3.8) is 0 Å². The molecule has 2 atom stereocenters. The Kier molecular flexibility index (Phi) is 9.85. The zero-order chi connectivity index (χ0) is 23.8. The predicted octanol–water partition coefficient (Wildman–Crippen LogP) is 5.83. The van der Waals surface area contributed by atoms with E-state index in [-0.39, 0.29) is 36.9 Å². The SMILES string of the molecule is CC[C@H](C)NC(=O)[C@H](C)N(Cc1c(Cl)cccc1Cl)C(=O)COc1ccccc1C(C)C. The molecule has 2 aromatic carbocycles. The van der Waals surface area contributed by atoms with Gasteiger partial charge < -0.3 is 15.0 Å². The normalized spacial score (nSPS) is 12.9. The van der Waals surface area contributed by atoms with Crippen molar-refractivity contribution >= 4 is 35.0 Å². The van der Waals surface area contributed by atoms with Crippen LogP contribution < -0.4 is 10.1 Å². The van der Waals surface area contributed by atoms with Gasteiger partial charge in [0.25, 0.3) is 5.91 Å². The largest absolute Gasteiger partial charge is 0.483 e. The molecule has 2 amide bonds. The number of halogens is 2. The predicted molar refractivity (Wildman–Crippen MR) is 130 cm³/mol. The number of hydrogen-bond acceptors (Lipinski definition) is 3. The number of amides is 2. The maximum absolute atomic E-state index is 13.3. The van der Waals surface area contributed by atoms with Gasteiger partial charge in [0, 0.05) is 28.2 Å². The summed E-state index contributed by atoms with van der Waals surface area (Å²) in [6.07, 6.45) is 0.790. The molecule has 0 aliphatic heterocycles. The first-order chi connectivity index (χ1) is 15.1. The Hall–Kier alpha value is -2.24. The van der Waals surface area contributed by atoms with Gasteiger partial charge in [-0.25, -0.2) is 0 Å². The second-order valence-corrected chi connectivity index (χ2v) is 9.01. The van der Waals surface area contributed by atoms with Gasteiger partial charge in [0.15, 0.2) is 6.61 Å². The summed E-state index contributed by atoms with van der Waals surface area (Å²) in [4.78, 5) is 27.5. The quantitative estimate of drug-likeness (QED) is 0.467. The van der Waals surface area contributed by atoms with Crippen LogP contribution in [0.3, 0.4) is 0 Å². The molecule has 0 aromatic heterocycles. The first-order valence-corrected chi connectivity index (χ1v) is 11.7. The van der Waals surface area contributed by atoms with Crippen molar-refractivity contribution in [1.29, 1.82) is 0 Å². The summed E-state index contributed by atoms with van der Waals surface area (Å²) in [6.45, 7) is 9.64. The average molecular weight is 479 g/mol. The zero-order valence-corrected chi connectivity index (χ0v) is 20.8. The van der Waals surface area contributed by atoms with Crippen LogP contribution in [0, 0.1) is 0 Å². The van der Waals surface area contributed by atoms with Crippen LogP contribution in [0.1, 0.15) is 58.1 Å². The summed E-state index contributed by atoms with van der Waals surface area (Å²) in [6, 6.07) is 12.1. The van der Waals surface area contributed by atoms with Crippen molar-refractivity contribution in [2.24, 2.45) is 0 Å². The van der Waals surface area contributed by atoms with Crippen molar-refractivity contribution < 1.29 is 14.3 Å². The lowest BCUT2D eigenvalue weighted by Crippen LogP contribution is -2.50. The number of para-hydroxylation sites is 1. The van der Waals surface area contributed by atoms with Gasteiger partial charge in [-0.1, -0.05) is 68.2 Å². The fraction of sp³-hybridized carbons (Fsp3) is 0.440. The zero-order valence-electron chi connectivity index (χ0n) is 19.3. The van der Waals surface area contributed by atoms with E-state index in [4.69, 9.17) is 27.9 Å². The van der Waals surface area contributed by atoms with Crippen LogP contribution in [-0.4, -0.2) is 35.4 Å². The summed E-state index contributed by atoms with van der Waals surface area (Å²) < 4.78 is 5.88. The van der Waals surface area contributed by atoms with Gasteiger partial charge in [-0.05, 0) is 49.9 Å². The minimum absolute atomic E-state index is 0.0000259. The van der Waals surface area contributed by atoms with Gasteiger partial charge in [-0.15, -0.1) is 0 Å². The Balaban J connectivity index is 2.27. The molecule has 0 aliphatic rings. The van der Waals surface area contributed by atoms with E-state index in [0.717, 1.165) is 12.0 Å². The summed E-state index contributed by atoms with van der Waals surface area (Å²) in [5.41, 5.74) is 1.61. The van der Waals surface area contributed by atoms with Crippen LogP contribution in [0.15, 0.2) is 42.5 Å². The maximum Gasteiger partial charge on any atom is 0.261 e. The van der Waals surface area contributed by atoms with E-state index >= 15 is 0 Å². The van der Waals surface area contributed by atoms with E-state index in [0.29, 0.717) is 21.4 Å². The molecule has 0 bridgehead atoms. The van der Waals surface area contributed by atoms with Crippen LogP contribution in [0.25, 0.3) is 0 Å². The van der Waals surface area contributed by atoms with E-state index in [1.54, 1.807) is 25.1 Å². The Bertz CT molecular complexity index is 913. The lowest BCUT2D eigenvalue weighted by molar-refractivity contribution is -0.142. The molecule has 5 nitrogen and oxygen atoms in total. The Morgan fingerprint density at radius 3 is 2.22 bits per heavy atom. The molecular weight excluding hydrogens is 447 g/mol. The highest BCUT2D eigenvalue weighted by Crippen LogP contribution is 2.28. The Morgan fingerprint density at radius 1 is 1.00 bits per heavy atom. The smallest absolute Gasteiger partial charge is 0.261 e. The molecule has 2 aromatic rings. The lowest BCUT2D eigenvalue weighted by Gasteiger charge is -2.30. The molecular formula is C25H32Cl2N2O3. The van der Waals surface area contributed by atoms with E-state index in [1.807, 2.05) is 38.1 Å². The molecule has 0 spiro atoms. The number of nitrogens with zero attached hydrogens (tertiary/aromatic N) is 1. The Labute approximate surface area is 201 Å². The van der Waals surface area contributed by atoms with Crippen LogP contribution in [0.5, 0.6) is 5.75 Å².